The maximum atomic E-state index is 11.6. The normalized spacial score (nSPS) is 24.1. The van der Waals surface area contributed by atoms with Crippen LogP contribution < -0.4 is 0 Å². The Kier molecular flexibility index (Phi) is 2.07. The molecule has 0 amide bonds. The summed E-state index contributed by atoms with van der Waals surface area (Å²) in [5.41, 5.74) is 3.52. The van der Waals surface area contributed by atoms with Gasteiger partial charge in [-0.1, -0.05) is 12.1 Å². The van der Waals surface area contributed by atoms with Gasteiger partial charge in [-0.25, -0.2) is 0 Å². The second-order valence-electron chi connectivity index (χ2n) is 4.71. The highest BCUT2D eigenvalue weighted by Gasteiger charge is 2.35. The van der Waals surface area contributed by atoms with Gasteiger partial charge in [0.05, 0.1) is 24.6 Å². The van der Waals surface area contributed by atoms with Crippen molar-refractivity contribution in [2.45, 2.75) is 24.6 Å². The minimum Gasteiger partial charge on any atom is -0.344 e. The van der Waals surface area contributed by atoms with Gasteiger partial charge in [0.15, 0.2) is 0 Å². The van der Waals surface area contributed by atoms with E-state index < -0.39 is 14.7 Å². The first-order valence-electron chi connectivity index (χ1n) is 5.10. The lowest BCUT2D eigenvalue weighted by molar-refractivity contribution is 0.478. The van der Waals surface area contributed by atoms with Crippen molar-refractivity contribution >= 4 is 14.7 Å². The Morgan fingerprint density at radius 2 is 1.00 bits per heavy atom. The Hall–Kier alpha value is -0.400. The highest BCUT2D eigenvalue weighted by atomic mass is 31.2. The van der Waals surface area contributed by atoms with Crippen molar-refractivity contribution < 1.29 is 18.9 Å². The minimum atomic E-state index is -3.01. The smallest absolute Gasteiger partial charge is 0.209 e. The van der Waals surface area contributed by atoms with Crippen molar-refractivity contribution in [1.82, 2.24) is 0 Å². The fraction of sp³-hybridized carbons (Fsp3) is 0.400. The van der Waals surface area contributed by atoms with Gasteiger partial charge in [0.1, 0.15) is 0 Å². The van der Waals surface area contributed by atoms with Crippen LogP contribution in [-0.2, 0) is 33.8 Å². The van der Waals surface area contributed by atoms with E-state index in [-0.39, 0.29) is 24.6 Å². The van der Waals surface area contributed by atoms with Gasteiger partial charge in [-0.05, 0) is 22.3 Å². The molecule has 2 aliphatic rings. The van der Waals surface area contributed by atoms with Crippen molar-refractivity contribution in [3.63, 3.8) is 0 Å². The Bertz CT molecular complexity index is 488. The van der Waals surface area contributed by atoms with Crippen molar-refractivity contribution in [3.8, 4) is 0 Å². The van der Waals surface area contributed by atoms with Crippen molar-refractivity contribution in [1.29, 1.82) is 0 Å². The lowest BCUT2D eigenvalue weighted by Gasteiger charge is -2.01. The van der Waals surface area contributed by atoms with Crippen LogP contribution >= 0.6 is 14.7 Å². The molecule has 2 aliphatic heterocycles. The first-order chi connectivity index (χ1) is 7.35. The number of hydrogen-bond donors (Lipinski definition) is 2. The number of fused-ring (bicyclic) bond motifs is 2. The molecule has 0 aliphatic carbocycles. The van der Waals surface area contributed by atoms with Gasteiger partial charge < -0.3 is 9.79 Å². The maximum absolute atomic E-state index is 11.6. The van der Waals surface area contributed by atoms with E-state index in [4.69, 9.17) is 0 Å². The van der Waals surface area contributed by atoms with Gasteiger partial charge in [0, 0.05) is 0 Å². The standard InChI is InChI=1S/C10H12O4P2/c11-15(12)3-7-1-8-4-16(13,14)6-10(8)2-9(7)5-15/h1-2H,3-6H2,(H,11,12)(H,13,14). The maximum Gasteiger partial charge on any atom is 0.209 e. The van der Waals surface area contributed by atoms with E-state index in [1.54, 1.807) is 0 Å². The van der Waals surface area contributed by atoms with Crippen LogP contribution in [0.25, 0.3) is 0 Å². The third kappa shape index (κ3) is 1.70. The second kappa shape index (κ2) is 3.08. The highest BCUT2D eigenvalue weighted by Crippen LogP contribution is 2.59. The van der Waals surface area contributed by atoms with Crippen molar-refractivity contribution in [2.24, 2.45) is 0 Å². The van der Waals surface area contributed by atoms with E-state index in [1.165, 1.54) is 0 Å². The highest BCUT2D eigenvalue weighted by molar-refractivity contribution is 7.57. The molecule has 2 heterocycles. The van der Waals surface area contributed by atoms with Gasteiger partial charge in [-0.2, -0.15) is 0 Å². The third-order valence-electron chi connectivity index (χ3n) is 3.19. The summed E-state index contributed by atoms with van der Waals surface area (Å²) in [5.74, 6) is 0. The predicted molar refractivity (Wildman–Crippen MR) is 60.9 cm³/mol. The Balaban J connectivity index is 2.09. The van der Waals surface area contributed by atoms with Gasteiger partial charge in [0.25, 0.3) is 0 Å². The van der Waals surface area contributed by atoms with Gasteiger partial charge in [-0.15, -0.1) is 0 Å². The van der Waals surface area contributed by atoms with Gasteiger partial charge in [-0.3, -0.25) is 9.13 Å². The van der Waals surface area contributed by atoms with Gasteiger partial charge >= 0.3 is 0 Å². The largest absolute Gasteiger partial charge is 0.344 e. The summed E-state index contributed by atoms with van der Waals surface area (Å²) < 4.78 is 23.2. The summed E-state index contributed by atoms with van der Waals surface area (Å²) in [4.78, 5) is 19.1. The molecule has 0 bridgehead atoms. The van der Waals surface area contributed by atoms with Crippen molar-refractivity contribution in [2.75, 3.05) is 0 Å². The SMILES string of the molecule is O=P1(O)Cc2cc3c(cc2C1)CP(=O)(O)C3. The van der Waals surface area contributed by atoms with Crippen LogP contribution in [0.1, 0.15) is 22.3 Å². The molecule has 0 saturated heterocycles. The van der Waals surface area contributed by atoms with Crippen LogP contribution in [0.15, 0.2) is 12.1 Å². The average Bonchev–Trinajstić information content (AvgIpc) is 2.51. The fourth-order valence-corrected chi connectivity index (χ4v) is 6.09. The van der Waals surface area contributed by atoms with Crippen LogP contribution in [0.2, 0.25) is 0 Å². The van der Waals surface area contributed by atoms with E-state index >= 15 is 0 Å². The van der Waals surface area contributed by atoms with Crippen LogP contribution in [0.4, 0.5) is 0 Å². The molecular formula is C10H12O4P2. The average molecular weight is 258 g/mol. The second-order valence-corrected chi connectivity index (χ2v) is 9.36. The van der Waals surface area contributed by atoms with Crippen LogP contribution in [0.5, 0.6) is 0 Å². The number of rotatable bonds is 0. The molecule has 86 valence electrons. The van der Waals surface area contributed by atoms with E-state index in [1.807, 2.05) is 12.1 Å². The third-order valence-corrected chi connectivity index (χ3v) is 6.53. The lowest BCUT2D eigenvalue weighted by atomic mass is 10.0. The molecule has 16 heavy (non-hydrogen) atoms. The molecule has 0 radical (unpaired) electrons. The molecule has 0 atom stereocenters. The van der Waals surface area contributed by atoms with Crippen LogP contribution in [-0.4, -0.2) is 9.79 Å². The molecule has 1 aromatic carbocycles. The molecule has 6 heteroatoms. The van der Waals surface area contributed by atoms with E-state index in [2.05, 4.69) is 0 Å². The summed E-state index contributed by atoms with van der Waals surface area (Å²) in [6.07, 6.45) is 0.855. The number of benzene rings is 1. The summed E-state index contributed by atoms with van der Waals surface area (Å²) in [7, 11) is -6.03. The molecular weight excluding hydrogens is 246 g/mol. The lowest BCUT2D eigenvalue weighted by Crippen LogP contribution is -1.88. The predicted octanol–water partition coefficient (Wildman–Crippen LogP) is 2.25. The van der Waals surface area contributed by atoms with Gasteiger partial charge in [0.2, 0.25) is 14.7 Å². The summed E-state index contributed by atoms with van der Waals surface area (Å²) in [6.45, 7) is 0. The zero-order valence-electron chi connectivity index (χ0n) is 8.59. The van der Waals surface area contributed by atoms with Crippen LogP contribution in [0, 0.1) is 0 Å². The molecule has 0 saturated carbocycles. The first kappa shape index (κ1) is 10.7. The molecule has 0 unspecified atom stereocenters. The Morgan fingerprint density at radius 1 is 0.750 bits per heavy atom. The summed E-state index contributed by atoms with van der Waals surface area (Å²) >= 11 is 0. The minimum absolute atomic E-state index is 0.214. The molecule has 0 fully saturated rings. The zero-order chi connectivity index (χ0) is 11.6. The van der Waals surface area contributed by atoms with E-state index in [0.717, 1.165) is 22.3 Å². The van der Waals surface area contributed by atoms with E-state index in [0.29, 0.717) is 0 Å². The monoisotopic (exact) mass is 258 g/mol. The Labute approximate surface area is 93.2 Å². The molecule has 1 aromatic rings. The molecule has 3 rings (SSSR count). The summed E-state index contributed by atoms with van der Waals surface area (Å²) in [6, 6.07) is 3.69. The van der Waals surface area contributed by atoms with Crippen LogP contribution in [0.3, 0.4) is 0 Å². The quantitative estimate of drug-likeness (QED) is 0.700. The topological polar surface area (TPSA) is 74.6 Å². The van der Waals surface area contributed by atoms with E-state index in [9.17, 15) is 18.9 Å². The Morgan fingerprint density at radius 3 is 1.25 bits per heavy atom. The number of hydrogen-bond acceptors (Lipinski definition) is 2. The summed E-state index contributed by atoms with van der Waals surface area (Å²) in [5, 5.41) is 0. The molecule has 2 N–H and O–H groups in total. The van der Waals surface area contributed by atoms with Crippen molar-refractivity contribution in [3.05, 3.63) is 34.4 Å². The first-order valence-corrected chi connectivity index (χ1v) is 9.16. The zero-order valence-corrected chi connectivity index (χ0v) is 10.4. The fourth-order valence-electron chi connectivity index (χ4n) is 2.56. The molecule has 0 aromatic heterocycles. The molecule has 0 spiro atoms. The molecule has 4 nitrogen and oxygen atoms in total.